The standard InChI is InChI=1S/C16H21BrN2O/c1-12(13-5-6-13)18-7-9-19(10-8-18)16(20)14-3-2-4-15(17)11-14/h2-4,11-13H,5-10H2,1H3. The first-order valence-electron chi connectivity index (χ1n) is 7.44. The highest BCUT2D eigenvalue weighted by molar-refractivity contribution is 9.10. The van der Waals surface area contributed by atoms with Gasteiger partial charge in [0.25, 0.3) is 5.91 Å². The average molecular weight is 337 g/mol. The van der Waals surface area contributed by atoms with Crippen LogP contribution in [0.4, 0.5) is 0 Å². The van der Waals surface area contributed by atoms with E-state index in [9.17, 15) is 4.79 Å². The number of piperazine rings is 1. The summed E-state index contributed by atoms with van der Waals surface area (Å²) in [6, 6.07) is 8.36. The molecule has 0 spiro atoms. The van der Waals surface area contributed by atoms with Gasteiger partial charge in [-0.3, -0.25) is 9.69 Å². The van der Waals surface area contributed by atoms with Gasteiger partial charge >= 0.3 is 0 Å². The summed E-state index contributed by atoms with van der Waals surface area (Å²) in [5, 5.41) is 0. The van der Waals surface area contributed by atoms with E-state index >= 15 is 0 Å². The van der Waals surface area contributed by atoms with E-state index in [0.29, 0.717) is 6.04 Å². The number of carbonyl (C=O) groups is 1. The Morgan fingerprint density at radius 2 is 1.95 bits per heavy atom. The Morgan fingerprint density at radius 1 is 1.25 bits per heavy atom. The molecule has 1 aromatic rings. The molecule has 1 unspecified atom stereocenters. The van der Waals surface area contributed by atoms with Gasteiger partial charge in [0, 0.05) is 42.3 Å². The average Bonchev–Trinajstić information content (AvgIpc) is 3.30. The smallest absolute Gasteiger partial charge is 0.253 e. The number of rotatable bonds is 3. The van der Waals surface area contributed by atoms with Crippen LogP contribution in [0.1, 0.15) is 30.1 Å². The lowest BCUT2D eigenvalue weighted by Gasteiger charge is -2.38. The van der Waals surface area contributed by atoms with Crippen molar-refractivity contribution < 1.29 is 4.79 Å². The van der Waals surface area contributed by atoms with Gasteiger partial charge in [-0.1, -0.05) is 22.0 Å². The first-order chi connectivity index (χ1) is 9.65. The topological polar surface area (TPSA) is 23.6 Å². The highest BCUT2D eigenvalue weighted by Crippen LogP contribution is 2.35. The van der Waals surface area contributed by atoms with Crippen molar-refractivity contribution in [3.05, 3.63) is 34.3 Å². The van der Waals surface area contributed by atoms with Crippen molar-refractivity contribution >= 4 is 21.8 Å². The fourth-order valence-electron chi connectivity index (χ4n) is 3.01. The lowest BCUT2D eigenvalue weighted by atomic mass is 10.1. The third-order valence-electron chi connectivity index (χ3n) is 4.55. The molecule has 0 N–H and O–H groups in total. The molecule has 1 saturated heterocycles. The van der Waals surface area contributed by atoms with Crippen LogP contribution in [-0.4, -0.2) is 47.9 Å². The van der Waals surface area contributed by atoms with Gasteiger partial charge < -0.3 is 4.90 Å². The Labute approximate surface area is 129 Å². The SMILES string of the molecule is CC(C1CC1)N1CCN(C(=O)c2cccc(Br)c2)CC1. The molecule has 108 valence electrons. The number of benzene rings is 1. The number of halogens is 1. The summed E-state index contributed by atoms with van der Waals surface area (Å²) in [6.45, 7) is 6.06. The number of hydrogen-bond acceptors (Lipinski definition) is 2. The zero-order chi connectivity index (χ0) is 14.1. The van der Waals surface area contributed by atoms with Crippen molar-refractivity contribution in [2.45, 2.75) is 25.8 Å². The maximum absolute atomic E-state index is 12.5. The van der Waals surface area contributed by atoms with Crippen molar-refractivity contribution in [2.24, 2.45) is 5.92 Å². The van der Waals surface area contributed by atoms with Crippen LogP contribution in [0.2, 0.25) is 0 Å². The van der Waals surface area contributed by atoms with Crippen LogP contribution in [0.3, 0.4) is 0 Å². The van der Waals surface area contributed by atoms with Crippen molar-refractivity contribution in [1.82, 2.24) is 9.80 Å². The molecule has 1 aliphatic carbocycles. The van der Waals surface area contributed by atoms with Gasteiger partial charge in [-0.05, 0) is 43.9 Å². The molecular formula is C16H21BrN2O. The molecule has 1 heterocycles. The van der Waals surface area contributed by atoms with Gasteiger partial charge in [-0.2, -0.15) is 0 Å². The number of amides is 1. The van der Waals surface area contributed by atoms with Crippen LogP contribution in [-0.2, 0) is 0 Å². The molecule has 1 aromatic carbocycles. The summed E-state index contributed by atoms with van der Waals surface area (Å²) in [5.41, 5.74) is 0.781. The molecule has 20 heavy (non-hydrogen) atoms. The summed E-state index contributed by atoms with van der Waals surface area (Å²) >= 11 is 3.43. The molecule has 3 rings (SSSR count). The maximum Gasteiger partial charge on any atom is 0.253 e. The third kappa shape index (κ3) is 3.07. The largest absolute Gasteiger partial charge is 0.336 e. The molecule has 1 aliphatic heterocycles. The van der Waals surface area contributed by atoms with Crippen molar-refractivity contribution in [1.29, 1.82) is 0 Å². The highest BCUT2D eigenvalue weighted by Gasteiger charge is 2.34. The van der Waals surface area contributed by atoms with Gasteiger partial charge in [-0.15, -0.1) is 0 Å². The summed E-state index contributed by atoms with van der Waals surface area (Å²) < 4.78 is 0.962. The lowest BCUT2D eigenvalue weighted by Crippen LogP contribution is -2.51. The lowest BCUT2D eigenvalue weighted by molar-refractivity contribution is 0.0564. The number of hydrogen-bond donors (Lipinski definition) is 0. The van der Waals surface area contributed by atoms with Crippen LogP contribution in [0.15, 0.2) is 28.7 Å². The van der Waals surface area contributed by atoms with E-state index < -0.39 is 0 Å². The molecule has 2 fully saturated rings. The minimum atomic E-state index is 0.157. The first kappa shape index (κ1) is 14.1. The molecule has 2 aliphatic rings. The van der Waals surface area contributed by atoms with E-state index in [1.165, 1.54) is 12.8 Å². The summed E-state index contributed by atoms with van der Waals surface area (Å²) in [5.74, 6) is 1.06. The zero-order valence-electron chi connectivity index (χ0n) is 11.9. The highest BCUT2D eigenvalue weighted by atomic mass is 79.9. The van der Waals surface area contributed by atoms with Crippen molar-refractivity contribution in [2.75, 3.05) is 26.2 Å². The molecule has 0 aromatic heterocycles. The molecule has 1 amide bonds. The Hall–Kier alpha value is -0.870. The quantitative estimate of drug-likeness (QED) is 0.847. The predicted molar refractivity (Wildman–Crippen MR) is 83.8 cm³/mol. The minimum Gasteiger partial charge on any atom is -0.336 e. The van der Waals surface area contributed by atoms with Crippen LogP contribution in [0.25, 0.3) is 0 Å². The number of carbonyl (C=O) groups excluding carboxylic acids is 1. The van der Waals surface area contributed by atoms with E-state index in [0.717, 1.165) is 42.1 Å². The summed E-state index contributed by atoms with van der Waals surface area (Å²) in [6.07, 6.45) is 2.77. The van der Waals surface area contributed by atoms with Gasteiger partial charge in [0.05, 0.1) is 0 Å². The fourth-order valence-corrected chi connectivity index (χ4v) is 3.41. The zero-order valence-corrected chi connectivity index (χ0v) is 13.5. The van der Waals surface area contributed by atoms with E-state index in [2.05, 4.69) is 27.8 Å². The van der Waals surface area contributed by atoms with Crippen LogP contribution >= 0.6 is 15.9 Å². The van der Waals surface area contributed by atoms with E-state index in [4.69, 9.17) is 0 Å². The molecule has 0 radical (unpaired) electrons. The number of nitrogens with zero attached hydrogens (tertiary/aromatic N) is 2. The normalized spacial score (nSPS) is 21.8. The van der Waals surface area contributed by atoms with Crippen LogP contribution < -0.4 is 0 Å². The van der Waals surface area contributed by atoms with E-state index in [-0.39, 0.29) is 5.91 Å². The molecule has 1 saturated carbocycles. The monoisotopic (exact) mass is 336 g/mol. The van der Waals surface area contributed by atoms with Crippen LogP contribution in [0, 0.1) is 5.92 Å². The fraction of sp³-hybridized carbons (Fsp3) is 0.562. The van der Waals surface area contributed by atoms with Gasteiger partial charge in [0.1, 0.15) is 0 Å². The van der Waals surface area contributed by atoms with Crippen molar-refractivity contribution in [3.8, 4) is 0 Å². The Morgan fingerprint density at radius 3 is 2.55 bits per heavy atom. The second-order valence-corrected chi connectivity index (χ2v) is 6.83. The van der Waals surface area contributed by atoms with Gasteiger partial charge in [0.2, 0.25) is 0 Å². The van der Waals surface area contributed by atoms with E-state index in [1.807, 2.05) is 29.2 Å². The first-order valence-corrected chi connectivity index (χ1v) is 8.23. The second kappa shape index (κ2) is 5.86. The van der Waals surface area contributed by atoms with E-state index in [1.54, 1.807) is 0 Å². The Kier molecular flexibility index (Phi) is 4.13. The Balaban J connectivity index is 1.58. The van der Waals surface area contributed by atoms with Crippen LogP contribution in [0.5, 0.6) is 0 Å². The third-order valence-corrected chi connectivity index (χ3v) is 5.05. The van der Waals surface area contributed by atoms with Crippen molar-refractivity contribution in [3.63, 3.8) is 0 Å². The summed E-state index contributed by atoms with van der Waals surface area (Å²) in [4.78, 5) is 17.0. The molecule has 3 nitrogen and oxygen atoms in total. The molecular weight excluding hydrogens is 316 g/mol. The maximum atomic E-state index is 12.5. The predicted octanol–water partition coefficient (Wildman–Crippen LogP) is 3.01. The Bertz CT molecular complexity index is 493. The van der Waals surface area contributed by atoms with Gasteiger partial charge in [0.15, 0.2) is 0 Å². The second-order valence-electron chi connectivity index (χ2n) is 5.92. The molecule has 0 bridgehead atoms. The molecule has 1 atom stereocenters. The molecule has 4 heteroatoms. The summed E-state index contributed by atoms with van der Waals surface area (Å²) in [7, 11) is 0. The minimum absolute atomic E-state index is 0.157. The van der Waals surface area contributed by atoms with Gasteiger partial charge in [-0.25, -0.2) is 0 Å².